The molecule has 4 saturated carbocycles. The number of aliphatic hydroxyl groups is 15. The average Bonchev–Trinajstić information content (AvgIpc) is 1.55. The van der Waals surface area contributed by atoms with Gasteiger partial charge in [0.15, 0.2) is 43.3 Å². The van der Waals surface area contributed by atoms with Gasteiger partial charge in [-0.2, -0.15) is 0 Å². The number of aliphatic hydroxyl groups excluding tert-OH is 15. The van der Waals surface area contributed by atoms with Crippen LogP contribution in [0.2, 0.25) is 0 Å². The van der Waals surface area contributed by atoms with Crippen LogP contribution in [0.1, 0.15) is 92.9 Å². The number of carbonyl (C=O) groups is 2. The van der Waals surface area contributed by atoms with Crippen LogP contribution in [0.25, 0.3) is 0 Å². The van der Waals surface area contributed by atoms with E-state index >= 15 is 0 Å². The number of rotatable bonds is 16. The minimum Gasteiger partial charge on any atom is -0.463 e. The Balaban J connectivity index is 0.805. The number of ether oxygens (including phenoxy) is 14. The highest BCUT2D eigenvalue weighted by Crippen LogP contribution is 2.71. The molecule has 7 saturated heterocycles. The minimum atomic E-state index is -2.26. The Labute approximate surface area is 525 Å². The molecule has 0 unspecified atom stereocenters. The standard InChI is InChI=1S/C60H96O31/c1-21-9-12-60(80-18-21)22(2)35-49(91-60)41(71)36-26-8-7-25-13-29(28(66)14-59(25,6)27(26)10-11-58(35,36)5)82-54-46(76)43(73)48(32(17-63)85-54)87-57-52(51(40(70)31(16-62)84-57)89-53-44(74)38(68)33(20-79-53)81-24(4)65)90-56-47(77)50(39(69)30(15-61)83-56)88-55-45(75)42(72)37(67)34(86-55)19-78-23(3)64/h21-22,25-57,61-63,66-77H,7-20H2,1-6H3/t21-,22+,25+,26-,27+,28-,29-,30-,31-,32-,33-,34-,35+,36-,37-,38+,39+,40-,41+,42+,43-,44-,45-,46-,47-,48+,49-,50+,51+,52-,53+,54-,55+,56+,57+,58-,59+,60+/m1/s1. The average molecular weight is 1310 g/mol. The molecular formula is C60H96O31. The summed E-state index contributed by atoms with van der Waals surface area (Å²) in [4.78, 5) is 23.5. The molecule has 0 amide bonds. The van der Waals surface area contributed by atoms with Gasteiger partial charge in [0.2, 0.25) is 0 Å². The Kier molecular flexibility index (Phi) is 21.3. The molecule has 0 aromatic rings. The van der Waals surface area contributed by atoms with Crippen LogP contribution in [0.15, 0.2) is 0 Å². The van der Waals surface area contributed by atoms with Crippen LogP contribution in [-0.4, -0.2) is 306 Å². The molecule has 1 spiro atoms. The van der Waals surface area contributed by atoms with Crippen LogP contribution in [0, 0.1) is 52.3 Å². The van der Waals surface area contributed by atoms with Crippen LogP contribution in [-0.2, 0) is 75.9 Å². The Bertz CT molecular complexity index is 2460. The molecule has 7 aliphatic heterocycles. The largest absolute Gasteiger partial charge is 0.463 e. The fourth-order valence-electron chi connectivity index (χ4n) is 17.9. The van der Waals surface area contributed by atoms with E-state index in [0.29, 0.717) is 25.4 Å². The van der Waals surface area contributed by atoms with Gasteiger partial charge in [-0.1, -0.05) is 27.7 Å². The van der Waals surface area contributed by atoms with E-state index in [9.17, 15) is 86.2 Å². The first-order chi connectivity index (χ1) is 43.1. The van der Waals surface area contributed by atoms with Crippen LogP contribution >= 0.6 is 0 Å². The Morgan fingerprint density at radius 1 is 0.505 bits per heavy atom. The molecule has 15 N–H and O–H groups in total. The topological polar surface area (TPSA) is 467 Å². The molecule has 38 atom stereocenters. The zero-order chi connectivity index (χ0) is 65.7. The zero-order valence-corrected chi connectivity index (χ0v) is 51.8. The van der Waals surface area contributed by atoms with E-state index in [1.165, 1.54) is 0 Å². The van der Waals surface area contributed by atoms with Gasteiger partial charge in [0.05, 0.1) is 57.5 Å². The molecule has 11 rings (SSSR count). The normalized spacial score (nSPS) is 54.8. The van der Waals surface area contributed by atoms with Crippen molar-refractivity contribution in [1.82, 2.24) is 0 Å². The lowest BCUT2D eigenvalue weighted by Gasteiger charge is -2.62. The molecule has 91 heavy (non-hydrogen) atoms. The van der Waals surface area contributed by atoms with Crippen molar-refractivity contribution in [3.05, 3.63) is 0 Å². The Hall–Kier alpha value is -2.14. The Morgan fingerprint density at radius 3 is 1.76 bits per heavy atom. The molecule has 31 heteroatoms. The first kappa shape index (κ1) is 70.2. The third kappa shape index (κ3) is 12.8. The summed E-state index contributed by atoms with van der Waals surface area (Å²) in [6.45, 7) is 7.45. The summed E-state index contributed by atoms with van der Waals surface area (Å²) in [6, 6.07) is 0. The highest BCUT2D eigenvalue weighted by Gasteiger charge is 2.73. The number of fused-ring (bicyclic) bond motifs is 7. The van der Waals surface area contributed by atoms with Crippen LogP contribution in [0.4, 0.5) is 0 Å². The lowest BCUT2D eigenvalue weighted by molar-refractivity contribution is -0.410. The number of carbonyl (C=O) groups excluding carboxylic acids is 2. The van der Waals surface area contributed by atoms with Crippen molar-refractivity contribution in [1.29, 1.82) is 0 Å². The van der Waals surface area contributed by atoms with Gasteiger partial charge in [-0.25, -0.2) is 0 Å². The van der Waals surface area contributed by atoms with Gasteiger partial charge >= 0.3 is 11.9 Å². The summed E-state index contributed by atoms with van der Waals surface area (Å²) in [5, 5.41) is 171. The maximum atomic E-state index is 12.3. The van der Waals surface area contributed by atoms with Crippen molar-refractivity contribution >= 4 is 11.9 Å². The van der Waals surface area contributed by atoms with Gasteiger partial charge in [-0.15, -0.1) is 0 Å². The van der Waals surface area contributed by atoms with Gasteiger partial charge < -0.3 is 143 Å². The SMILES string of the molecule is CC(=O)OC[C@H]1O[C@@H](O[C@H]2[C@@H](O)[C@@H](CO)O[C@@H](O[C@H]3[C@H](O[C@@H]4[C@H](O)[C@@H](O)[C@H](O[C@@H]5C[C@@H]6CC[C@H]7[C@@H]8[C@H](O)[C@@H]9O[C@@]%10(CC[C@@H](C)CO%10)[C@@H](C)[C@@H]9[C@@]8(C)CC[C@@H]7[C@@]6(C)C[C@H]5O)O[C@@H]4CO)O[C@H](CO)[C@@H](O)[C@@H]3O[C@@H]3OC[C@@H](OC(C)=O)[C@H](O)[C@H]3O)[C@@H]2O)[C@H](O)[C@@H](O)[C@@H]1O. The molecule has 0 aromatic carbocycles. The first-order valence-electron chi connectivity index (χ1n) is 32.2. The molecule has 0 aromatic heterocycles. The van der Waals surface area contributed by atoms with E-state index in [0.717, 1.165) is 52.4 Å². The van der Waals surface area contributed by atoms with Crippen molar-refractivity contribution in [2.24, 2.45) is 52.3 Å². The van der Waals surface area contributed by atoms with E-state index in [2.05, 4.69) is 27.7 Å². The van der Waals surface area contributed by atoms with Crippen LogP contribution in [0.3, 0.4) is 0 Å². The lowest BCUT2D eigenvalue weighted by Crippen LogP contribution is -2.69. The summed E-state index contributed by atoms with van der Waals surface area (Å²) >= 11 is 0. The predicted octanol–water partition coefficient (Wildman–Crippen LogP) is -5.36. The molecule has 7 heterocycles. The predicted molar refractivity (Wildman–Crippen MR) is 297 cm³/mol. The van der Waals surface area contributed by atoms with Gasteiger partial charge in [-0.3, -0.25) is 9.59 Å². The van der Waals surface area contributed by atoms with Gasteiger partial charge in [0.1, 0.15) is 116 Å². The summed E-state index contributed by atoms with van der Waals surface area (Å²) in [7, 11) is 0. The van der Waals surface area contributed by atoms with Gasteiger partial charge in [0.25, 0.3) is 0 Å². The van der Waals surface area contributed by atoms with Gasteiger partial charge in [-0.05, 0) is 85.4 Å². The smallest absolute Gasteiger partial charge is 0.303 e. The maximum absolute atomic E-state index is 12.3. The molecule has 0 bridgehead atoms. The number of hydrogen-bond acceptors (Lipinski definition) is 31. The van der Waals surface area contributed by atoms with Gasteiger partial charge in [0, 0.05) is 32.1 Å². The molecule has 4 aliphatic carbocycles. The van der Waals surface area contributed by atoms with E-state index in [1.54, 1.807) is 0 Å². The Morgan fingerprint density at radius 2 is 1.10 bits per heavy atom. The summed E-state index contributed by atoms with van der Waals surface area (Å²) < 4.78 is 83.6. The maximum Gasteiger partial charge on any atom is 0.303 e. The van der Waals surface area contributed by atoms with E-state index in [-0.39, 0.29) is 52.4 Å². The fourth-order valence-corrected chi connectivity index (χ4v) is 17.9. The third-order valence-electron chi connectivity index (χ3n) is 22.7. The van der Waals surface area contributed by atoms with Crippen LogP contribution < -0.4 is 0 Å². The quantitative estimate of drug-likeness (QED) is 0.0507. The molecule has 0 radical (unpaired) electrons. The van der Waals surface area contributed by atoms with Crippen molar-refractivity contribution in [2.45, 2.75) is 271 Å². The fraction of sp³-hybridized carbons (Fsp3) is 0.967. The van der Waals surface area contributed by atoms with E-state index in [1.807, 2.05) is 0 Å². The second kappa shape index (κ2) is 27.6. The van der Waals surface area contributed by atoms with Crippen molar-refractivity contribution in [3.8, 4) is 0 Å². The molecular weight excluding hydrogens is 1220 g/mol. The van der Waals surface area contributed by atoms with Crippen molar-refractivity contribution in [2.75, 3.05) is 39.6 Å². The lowest BCUT2D eigenvalue weighted by atomic mass is 9.44. The zero-order valence-electron chi connectivity index (χ0n) is 51.8. The molecule has 522 valence electrons. The summed E-state index contributed by atoms with van der Waals surface area (Å²) in [5.41, 5.74) is -0.559. The second-order valence-electron chi connectivity index (χ2n) is 28.1. The molecule has 11 fully saturated rings. The van der Waals surface area contributed by atoms with E-state index in [4.69, 9.17) is 66.3 Å². The molecule has 11 aliphatic rings. The van der Waals surface area contributed by atoms with E-state index < -0.39 is 216 Å². The molecule has 31 nitrogen and oxygen atoms in total. The third-order valence-corrected chi connectivity index (χ3v) is 22.7. The van der Waals surface area contributed by atoms with Crippen molar-refractivity contribution < 1.29 is 153 Å². The number of esters is 2. The summed E-state index contributed by atoms with van der Waals surface area (Å²) in [6.07, 6.45) is -43.4. The summed E-state index contributed by atoms with van der Waals surface area (Å²) in [5.74, 6) is -1.34. The number of hydrogen-bond donors (Lipinski definition) is 15. The second-order valence-corrected chi connectivity index (χ2v) is 28.1. The first-order valence-corrected chi connectivity index (χ1v) is 32.2. The van der Waals surface area contributed by atoms with Crippen LogP contribution in [0.5, 0.6) is 0 Å². The van der Waals surface area contributed by atoms with Crippen molar-refractivity contribution in [3.63, 3.8) is 0 Å². The highest BCUT2D eigenvalue weighted by molar-refractivity contribution is 5.66. The highest BCUT2D eigenvalue weighted by atomic mass is 16.8. The monoisotopic (exact) mass is 1310 g/mol. The minimum absolute atomic E-state index is 0.0191.